The molecule has 1 amide bonds. The number of amides is 1. The summed E-state index contributed by atoms with van der Waals surface area (Å²) in [5, 5.41) is 4.31. The zero-order valence-electron chi connectivity index (χ0n) is 22.9. The fourth-order valence-corrected chi connectivity index (χ4v) is 5.66. The lowest BCUT2D eigenvalue weighted by Gasteiger charge is -2.30. The minimum absolute atomic E-state index is 0.0232. The van der Waals surface area contributed by atoms with E-state index in [1.807, 2.05) is 58.0 Å². The van der Waals surface area contributed by atoms with Crippen LogP contribution in [0.5, 0.6) is 11.5 Å². The number of carbonyl (C=O) groups is 1. The summed E-state index contributed by atoms with van der Waals surface area (Å²) in [5.41, 5.74) is 1.86. The molecule has 0 N–H and O–H groups in total. The highest BCUT2D eigenvalue weighted by Gasteiger charge is 2.25. The minimum Gasteiger partial charge on any atom is -0.493 e. The number of fused-ring (bicyclic) bond motifs is 2. The van der Waals surface area contributed by atoms with Gasteiger partial charge < -0.3 is 14.4 Å². The second kappa shape index (κ2) is 13.3. The van der Waals surface area contributed by atoms with E-state index in [2.05, 4.69) is 65.1 Å². The van der Waals surface area contributed by atoms with Gasteiger partial charge in [-0.25, -0.2) is 4.79 Å². The second-order valence-electron chi connectivity index (χ2n) is 10.2. The third-order valence-corrected chi connectivity index (χ3v) is 7.60. The van der Waals surface area contributed by atoms with Crippen LogP contribution in [0.4, 0.5) is 4.79 Å². The van der Waals surface area contributed by atoms with Crippen molar-refractivity contribution in [2.45, 2.75) is 65.5 Å². The van der Waals surface area contributed by atoms with Gasteiger partial charge in [0, 0.05) is 23.2 Å². The highest BCUT2D eigenvalue weighted by atomic mass is 127. The van der Waals surface area contributed by atoms with Crippen molar-refractivity contribution in [3.8, 4) is 22.6 Å². The first kappa shape index (κ1) is 28.2. The zero-order chi connectivity index (χ0) is 27.1. The molecule has 0 saturated carbocycles. The van der Waals surface area contributed by atoms with Crippen molar-refractivity contribution in [3.05, 3.63) is 72.8 Å². The molecule has 0 fully saturated rings. The molecular weight excluding hydrogens is 585 g/mol. The summed E-state index contributed by atoms with van der Waals surface area (Å²) in [5.74, 6) is 1.36. The molecule has 4 nitrogen and oxygen atoms in total. The SMILES string of the molecule is CC(C)N(C(=O)Oc1ccc2ccccc2c1-c1c(OCCCCCCI)ccc2ccccc12)C(C)C. The number of alkyl halides is 1. The molecule has 0 saturated heterocycles. The Hall–Kier alpha value is -2.80. The van der Waals surface area contributed by atoms with Gasteiger partial charge in [0.25, 0.3) is 0 Å². The van der Waals surface area contributed by atoms with Gasteiger partial charge in [0.15, 0.2) is 0 Å². The first-order chi connectivity index (χ1) is 18.4. The van der Waals surface area contributed by atoms with E-state index in [0.717, 1.165) is 51.3 Å². The van der Waals surface area contributed by atoms with Gasteiger partial charge in [0.2, 0.25) is 0 Å². The Balaban J connectivity index is 1.85. The standard InChI is InChI=1S/C33H38INO3/c1-23(2)35(24(3)4)33(36)38-30-20-18-26-14-8-10-16-28(26)32(30)31-27-15-9-7-13-25(27)17-19-29(31)37-22-12-6-5-11-21-34/h7-10,13-20,23-24H,5-6,11-12,21-22H2,1-4H3. The summed E-state index contributed by atoms with van der Waals surface area (Å²) in [6, 6.07) is 24.8. The summed E-state index contributed by atoms with van der Waals surface area (Å²) in [6.07, 6.45) is 4.30. The van der Waals surface area contributed by atoms with Crippen molar-refractivity contribution in [3.63, 3.8) is 0 Å². The maximum Gasteiger partial charge on any atom is 0.415 e. The number of benzene rings is 4. The van der Waals surface area contributed by atoms with Gasteiger partial charge in [0.1, 0.15) is 11.5 Å². The number of carbonyl (C=O) groups excluding carboxylic acids is 1. The molecule has 5 heteroatoms. The zero-order valence-corrected chi connectivity index (χ0v) is 25.0. The van der Waals surface area contributed by atoms with E-state index in [9.17, 15) is 4.79 Å². The molecule has 0 bridgehead atoms. The summed E-state index contributed by atoms with van der Waals surface area (Å²) in [4.78, 5) is 15.2. The predicted octanol–water partition coefficient (Wildman–Crippen LogP) is 9.65. The van der Waals surface area contributed by atoms with Crippen molar-refractivity contribution in [1.82, 2.24) is 4.90 Å². The number of nitrogens with zero attached hydrogens (tertiary/aromatic N) is 1. The molecule has 0 unspecified atom stereocenters. The van der Waals surface area contributed by atoms with Crippen LogP contribution in [-0.4, -0.2) is 34.1 Å². The van der Waals surface area contributed by atoms with E-state index in [1.54, 1.807) is 4.90 Å². The molecular formula is C33H38INO3. The highest BCUT2D eigenvalue weighted by molar-refractivity contribution is 14.1. The summed E-state index contributed by atoms with van der Waals surface area (Å²) in [6.45, 7) is 8.71. The van der Waals surface area contributed by atoms with Crippen LogP contribution in [0.3, 0.4) is 0 Å². The first-order valence-corrected chi connectivity index (χ1v) is 15.2. The largest absolute Gasteiger partial charge is 0.493 e. The van der Waals surface area contributed by atoms with E-state index in [-0.39, 0.29) is 18.2 Å². The molecule has 0 aliphatic carbocycles. The molecule has 0 radical (unpaired) electrons. The van der Waals surface area contributed by atoms with Crippen LogP contribution in [0.1, 0.15) is 53.4 Å². The van der Waals surface area contributed by atoms with Crippen molar-refractivity contribution in [2.24, 2.45) is 0 Å². The third-order valence-electron chi connectivity index (χ3n) is 6.84. The third kappa shape index (κ3) is 6.42. The van der Waals surface area contributed by atoms with E-state index >= 15 is 0 Å². The van der Waals surface area contributed by atoms with Gasteiger partial charge in [-0.15, -0.1) is 0 Å². The van der Waals surface area contributed by atoms with Crippen LogP contribution in [0.25, 0.3) is 32.7 Å². The molecule has 0 atom stereocenters. The quantitative estimate of drug-likeness (QED) is 0.0949. The fraction of sp³-hybridized carbons (Fsp3) is 0.364. The average molecular weight is 624 g/mol. The first-order valence-electron chi connectivity index (χ1n) is 13.6. The Morgan fingerprint density at radius 1 is 0.711 bits per heavy atom. The molecule has 4 aromatic rings. The molecule has 38 heavy (non-hydrogen) atoms. The van der Waals surface area contributed by atoms with Crippen LogP contribution in [0, 0.1) is 0 Å². The van der Waals surface area contributed by atoms with E-state index < -0.39 is 0 Å². The van der Waals surface area contributed by atoms with E-state index in [0.29, 0.717) is 12.4 Å². The van der Waals surface area contributed by atoms with E-state index in [1.165, 1.54) is 17.3 Å². The van der Waals surface area contributed by atoms with Crippen molar-refractivity contribution in [1.29, 1.82) is 0 Å². The second-order valence-corrected chi connectivity index (χ2v) is 11.3. The molecule has 0 aromatic heterocycles. The van der Waals surface area contributed by atoms with Crippen molar-refractivity contribution < 1.29 is 14.3 Å². The van der Waals surface area contributed by atoms with Gasteiger partial charge in [0.05, 0.1) is 6.61 Å². The lowest BCUT2D eigenvalue weighted by Crippen LogP contribution is -2.43. The topological polar surface area (TPSA) is 38.8 Å². The number of unbranched alkanes of at least 4 members (excludes halogenated alkanes) is 3. The predicted molar refractivity (Wildman–Crippen MR) is 168 cm³/mol. The molecule has 0 aliphatic rings. The monoisotopic (exact) mass is 623 g/mol. The highest BCUT2D eigenvalue weighted by Crippen LogP contribution is 2.45. The molecule has 4 rings (SSSR count). The normalized spacial score (nSPS) is 11.4. The Morgan fingerprint density at radius 3 is 1.82 bits per heavy atom. The number of ether oxygens (including phenoxy) is 2. The van der Waals surface area contributed by atoms with Gasteiger partial charge in [-0.1, -0.05) is 96.1 Å². The molecule has 4 aromatic carbocycles. The Labute approximate surface area is 240 Å². The summed E-state index contributed by atoms with van der Waals surface area (Å²) < 4.78 is 13.9. The van der Waals surface area contributed by atoms with Crippen LogP contribution in [-0.2, 0) is 0 Å². The molecule has 0 spiro atoms. The molecule has 0 heterocycles. The van der Waals surface area contributed by atoms with Crippen LogP contribution >= 0.6 is 22.6 Å². The summed E-state index contributed by atoms with van der Waals surface area (Å²) >= 11 is 2.44. The smallest absolute Gasteiger partial charge is 0.415 e. The van der Waals surface area contributed by atoms with Gasteiger partial charge in [-0.3, -0.25) is 0 Å². The van der Waals surface area contributed by atoms with Crippen molar-refractivity contribution >= 4 is 50.2 Å². The lowest BCUT2D eigenvalue weighted by atomic mass is 9.92. The Bertz CT molecular complexity index is 1370. The number of rotatable bonds is 11. The number of hydrogen-bond acceptors (Lipinski definition) is 3. The van der Waals surface area contributed by atoms with Crippen molar-refractivity contribution in [2.75, 3.05) is 11.0 Å². The number of halogens is 1. The maximum absolute atomic E-state index is 13.4. The molecule has 200 valence electrons. The van der Waals surface area contributed by atoms with Gasteiger partial charge in [-0.2, -0.15) is 0 Å². The van der Waals surface area contributed by atoms with Crippen LogP contribution in [0.2, 0.25) is 0 Å². The Morgan fingerprint density at radius 2 is 1.24 bits per heavy atom. The molecule has 0 aliphatic heterocycles. The van der Waals surface area contributed by atoms with Crippen LogP contribution < -0.4 is 9.47 Å². The van der Waals surface area contributed by atoms with Gasteiger partial charge in [-0.05, 0) is 78.6 Å². The average Bonchev–Trinajstić information content (AvgIpc) is 2.90. The lowest BCUT2D eigenvalue weighted by molar-refractivity contribution is 0.123. The fourth-order valence-electron chi connectivity index (χ4n) is 5.12. The van der Waals surface area contributed by atoms with Gasteiger partial charge >= 0.3 is 6.09 Å². The summed E-state index contributed by atoms with van der Waals surface area (Å²) in [7, 11) is 0. The van der Waals surface area contributed by atoms with E-state index in [4.69, 9.17) is 9.47 Å². The minimum atomic E-state index is -0.343. The van der Waals surface area contributed by atoms with Crippen LogP contribution in [0.15, 0.2) is 72.8 Å². The maximum atomic E-state index is 13.4. The number of hydrogen-bond donors (Lipinski definition) is 0. The Kier molecular flexibility index (Phi) is 9.89.